The van der Waals surface area contributed by atoms with Crippen LogP contribution in [0.25, 0.3) is 0 Å². The summed E-state index contributed by atoms with van der Waals surface area (Å²) in [5.74, 6) is 0.189. The lowest BCUT2D eigenvalue weighted by atomic mass is 9.94. The lowest BCUT2D eigenvalue weighted by Crippen LogP contribution is -2.10. The molecule has 0 spiro atoms. The SMILES string of the molecule is CCC(CC(O)O)c1cccnc1. The molecule has 1 unspecified atom stereocenters. The van der Waals surface area contributed by atoms with Gasteiger partial charge < -0.3 is 10.2 Å². The largest absolute Gasteiger partial charge is 0.368 e. The Morgan fingerprint density at radius 1 is 1.46 bits per heavy atom. The third-order valence-electron chi connectivity index (χ3n) is 2.14. The lowest BCUT2D eigenvalue weighted by molar-refractivity contribution is -0.0500. The van der Waals surface area contributed by atoms with E-state index in [1.165, 1.54) is 0 Å². The summed E-state index contributed by atoms with van der Waals surface area (Å²) in [7, 11) is 0. The molecule has 1 rings (SSSR count). The van der Waals surface area contributed by atoms with Gasteiger partial charge in [0.2, 0.25) is 0 Å². The molecule has 1 heterocycles. The van der Waals surface area contributed by atoms with Crippen LogP contribution in [-0.4, -0.2) is 21.5 Å². The molecule has 0 aliphatic rings. The van der Waals surface area contributed by atoms with Gasteiger partial charge in [0.15, 0.2) is 6.29 Å². The van der Waals surface area contributed by atoms with E-state index >= 15 is 0 Å². The molecule has 1 atom stereocenters. The van der Waals surface area contributed by atoms with Gasteiger partial charge in [-0.2, -0.15) is 0 Å². The van der Waals surface area contributed by atoms with E-state index in [0.29, 0.717) is 6.42 Å². The third kappa shape index (κ3) is 3.13. The van der Waals surface area contributed by atoms with Crippen molar-refractivity contribution in [2.45, 2.75) is 32.0 Å². The van der Waals surface area contributed by atoms with Crippen molar-refractivity contribution in [3.8, 4) is 0 Å². The van der Waals surface area contributed by atoms with Crippen LogP contribution in [0, 0.1) is 0 Å². The van der Waals surface area contributed by atoms with Crippen LogP contribution in [0.1, 0.15) is 31.2 Å². The van der Waals surface area contributed by atoms with Crippen LogP contribution in [0.15, 0.2) is 24.5 Å². The van der Waals surface area contributed by atoms with Crippen LogP contribution in [0.3, 0.4) is 0 Å². The Balaban J connectivity index is 2.67. The summed E-state index contributed by atoms with van der Waals surface area (Å²) in [5.41, 5.74) is 1.07. The van der Waals surface area contributed by atoms with Crippen LogP contribution >= 0.6 is 0 Å². The van der Waals surface area contributed by atoms with Gasteiger partial charge in [0.1, 0.15) is 0 Å². The summed E-state index contributed by atoms with van der Waals surface area (Å²) in [6.45, 7) is 2.03. The molecule has 0 saturated carbocycles. The van der Waals surface area contributed by atoms with Gasteiger partial charge in [0.25, 0.3) is 0 Å². The Morgan fingerprint density at radius 3 is 2.69 bits per heavy atom. The van der Waals surface area contributed by atoms with E-state index in [0.717, 1.165) is 12.0 Å². The van der Waals surface area contributed by atoms with E-state index in [1.807, 2.05) is 19.1 Å². The molecule has 0 fully saturated rings. The summed E-state index contributed by atoms with van der Waals surface area (Å²) in [4.78, 5) is 4.00. The number of nitrogens with zero attached hydrogens (tertiary/aromatic N) is 1. The van der Waals surface area contributed by atoms with Gasteiger partial charge in [-0.05, 0) is 24.0 Å². The number of aliphatic hydroxyl groups is 2. The average molecular weight is 181 g/mol. The standard InChI is InChI=1S/C10H15NO2/c1-2-8(6-10(12)13)9-4-3-5-11-7-9/h3-5,7-8,10,12-13H,2,6H2,1H3. The van der Waals surface area contributed by atoms with E-state index in [-0.39, 0.29) is 5.92 Å². The molecule has 0 radical (unpaired) electrons. The fourth-order valence-electron chi connectivity index (χ4n) is 1.41. The van der Waals surface area contributed by atoms with E-state index in [1.54, 1.807) is 12.4 Å². The highest BCUT2D eigenvalue weighted by Crippen LogP contribution is 2.22. The molecule has 1 aromatic rings. The highest BCUT2D eigenvalue weighted by atomic mass is 16.5. The van der Waals surface area contributed by atoms with Gasteiger partial charge in [-0.1, -0.05) is 13.0 Å². The smallest absolute Gasteiger partial charge is 0.152 e. The first-order valence-corrected chi connectivity index (χ1v) is 4.50. The maximum atomic E-state index is 8.85. The van der Waals surface area contributed by atoms with Crippen molar-refractivity contribution in [1.29, 1.82) is 0 Å². The summed E-state index contributed by atoms with van der Waals surface area (Å²) < 4.78 is 0. The second kappa shape index (κ2) is 4.94. The fourth-order valence-corrected chi connectivity index (χ4v) is 1.41. The second-order valence-corrected chi connectivity index (χ2v) is 3.11. The van der Waals surface area contributed by atoms with Crippen LogP contribution in [0.2, 0.25) is 0 Å². The highest BCUT2D eigenvalue weighted by molar-refractivity contribution is 5.14. The minimum Gasteiger partial charge on any atom is -0.368 e. The van der Waals surface area contributed by atoms with Crippen molar-refractivity contribution in [3.63, 3.8) is 0 Å². The monoisotopic (exact) mass is 181 g/mol. The first-order valence-electron chi connectivity index (χ1n) is 4.50. The van der Waals surface area contributed by atoms with E-state index in [4.69, 9.17) is 10.2 Å². The zero-order valence-corrected chi connectivity index (χ0v) is 7.72. The lowest BCUT2D eigenvalue weighted by Gasteiger charge is -2.15. The topological polar surface area (TPSA) is 53.4 Å². The first-order chi connectivity index (χ1) is 6.24. The number of aliphatic hydroxyl groups excluding tert-OH is 1. The number of hydrogen-bond acceptors (Lipinski definition) is 3. The Hall–Kier alpha value is -0.930. The van der Waals surface area contributed by atoms with E-state index in [9.17, 15) is 0 Å². The van der Waals surface area contributed by atoms with Gasteiger partial charge in [-0.25, -0.2) is 0 Å². The summed E-state index contributed by atoms with van der Waals surface area (Å²) in [6, 6.07) is 3.82. The van der Waals surface area contributed by atoms with Gasteiger partial charge >= 0.3 is 0 Å². The first kappa shape index (κ1) is 10.2. The normalized spacial score (nSPS) is 13.2. The molecule has 0 amide bonds. The van der Waals surface area contributed by atoms with Crippen LogP contribution in [-0.2, 0) is 0 Å². The molecule has 1 aromatic heterocycles. The molecule has 3 heteroatoms. The summed E-state index contributed by atoms with van der Waals surface area (Å²) >= 11 is 0. The molecule has 0 aromatic carbocycles. The predicted molar refractivity (Wildman–Crippen MR) is 50.1 cm³/mol. The number of pyridine rings is 1. The van der Waals surface area contributed by atoms with E-state index in [2.05, 4.69) is 4.98 Å². The van der Waals surface area contributed by atoms with Gasteiger partial charge in [-0.15, -0.1) is 0 Å². The Morgan fingerprint density at radius 2 is 2.23 bits per heavy atom. The highest BCUT2D eigenvalue weighted by Gasteiger charge is 2.12. The van der Waals surface area contributed by atoms with Crippen LogP contribution < -0.4 is 0 Å². The molecular formula is C10H15NO2. The molecule has 2 N–H and O–H groups in total. The molecule has 13 heavy (non-hydrogen) atoms. The zero-order valence-electron chi connectivity index (χ0n) is 7.72. The molecular weight excluding hydrogens is 166 g/mol. The quantitative estimate of drug-likeness (QED) is 0.688. The number of hydrogen-bond donors (Lipinski definition) is 2. The number of aromatic nitrogens is 1. The summed E-state index contributed by atoms with van der Waals surface area (Å²) in [6.07, 6.45) is 3.53. The molecule has 72 valence electrons. The minimum atomic E-state index is -1.23. The Bertz CT molecular complexity index is 236. The van der Waals surface area contributed by atoms with Crippen LogP contribution in [0.4, 0.5) is 0 Å². The second-order valence-electron chi connectivity index (χ2n) is 3.11. The van der Waals surface area contributed by atoms with Gasteiger partial charge in [0, 0.05) is 18.8 Å². The van der Waals surface area contributed by atoms with Crippen LogP contribution in [0.5, 0.6) is 0 Å². The molecule has 3 nitrogen and oxygen atoms in total. The maximum Gasteiger partial charge on any atom is 0.152 e. The number of rotatable bonds is 4. The third-order valence-corrected chi connectivity index (χ3v) is 2.14. The molecule has 0 aliphatic heterocycles. The Labute approximate surface area is 78.1 Å². The Kier molecular flexibility index (Phi) is 3.86. The maximum absolute atomic E-state index is 8.85. The van der Waals surface area contributed by atoms with Crippen molar-refractivity contribution >= 4 is 0 Å². The average Bonchev–Trinajstić information content (AvgIpc) is 2.15. The minimum absolute atomic E-state index is 0.189. The molecule has 0 bridgehead atoms. The molecule has 0 saturated heterocycles. The fraction of sp³-hybridized carbons (Fsp3) is 0.500. The van der Waals surface area contributed by atoms with E-state index < -0.39 is 6.29 Å². The van der Waals surface area contributed by atoms with Crippen molar-refractivity contribution < 1.29 is 10.2 Å². The van der Waals surface area contributed by atoms with Crippen molar-refractivity contribution in [3.05, 3.63) is 30.1 Å². The zero-order chi connectivity index (χ0) is 9.68. The summed E-state index contributed by atoms with van der Waals surface area (Å²) in [5, 5.41) is 17.7. The van der Waals surface area contributed by atoms with Crippen molar-refractivity contribution in [1.82, 2.24) is 4.98 Å². The van der Waals surface area contributed by atoms with Gasteiger partial charge in [0.05, 0.1) is 0 Å². The molecule has 0 aliphatic carbocycles. The van der Waals surface area contributed by atoms with Crippen molar-refractivity contribution in [2.24, 2.45) is 0 Å². The predicted octanol–water partition coefficient (Wildman–Crippen LogP) is 1.28. The van der Waals surface area contributed by atoms with Crippen molar-refractivity contribution in [2.75, 3.05) is 0 Å². The van der Waals surface area contributed by atoms with Gasteiger partial charge in [-0.3, -0.25) is 4.98 Å².